The molecule has 3 aliphatic rings. The molecule has 1 aromatic heterocycles. The molecule has 2 aliphatic heterocycles. The lowest BCUT2D eigenvalue weighted by molar-refractivity contribution is -0.134. The first kappa shape index (κ1) is 21.6. The molecule has 1 aliphatic carbocycles. The van der Waals surface area contributed by atoms with Gasteiger partial charge in [-0.1, -0.05) is 0 Å². The number of ether oxygens (including phenoxy) is 1. The number of carbonyl (C=O) groups is 3. The van der Waals surface area contributed by atoms with Gasteiger partial charge in [-0.2, -0.15) is 5.10 Å². The van der Waals surface area contributed by atoms with Crippen LogP contribution in [0, 0.1) is 5.92 Å². The second-order valence-corrected chi connectivity index (χ2v) is 9.85. The minimum absolute atomic E-state index is 0.0143. The minimum atomic E-state index is -0.540. The number of carbonyl (C=O) groups excluding carboxylic acids is 3. The van der Waals surface area contributed by atoms with E-state index in [-0.39, 0.29) is 29.7 Å². The number of hydrogen-bond donors (Lipinski definition) is 1. The van der Waals surface area contributed by atoms with Crippen LogP contribution in [0.3, 0.4) is 0 Å². The third-order valence-corrected chi connectivity index (χ3v) is 6.19. The lowest BCUT2D eigenvalue weighted by atomic mass is 9.92. The van der Waals surface area contributed by atoms with Gasteiger partial charge in [-0.25, -0.2) is 4.79 Å². The maximum absolute atomic E-state index is 13.2. The number of aromatic nitrogens is 2. The van der Waals surface area contributed by atoms with Crippen LogP contribution in [0.2, 0.25) is 0 Å². The van der Waals surface area contributed by atoms with Crippen LogP contribution in [0.15, 0.2) is 6.20 Å². The van der Waals surface area contributed by atoms with Crippen LogP contribution < -0.4 is 0 Å². The van der Waals surface area contributed by atoms with Crippen LogP contribution in [0.25, 0.3) is 0 Å². The molecule has 0 radical (unpaired) electrons. The second kappa shape index (κ2) is 8.51. The van der Waals surface area contributed by atoms with Crippen molar-refractivity contribution < 1.29 is 19.1 Å². The third kappa shape index (κ3) is 5.02. The first-order chi connectivity index (χ1) is 14.7. The Balaban J connectivity index is 1.38. The molecular weight excluding hydrogens is 398 g/mol. The first-order valence-electron chi connectivity index (χ1n) is 11.3. The molecule has 0 aromatic carbocycles. The largest absolute Gasteiger partial charge is 0.444 e. The Morgan fingerprint density at radius 2 is 1.68 bits per heavy atom. The van der Waals surface area contributed by atoms with E-state index in [0.29, 0.717) is 44.8 Å². The summed E-state index contributed by atoms with van der Waals surface area (Å²) in [7, 11) is 0. The summed E-state index contributed by atoms with van der Waals surface area (Å²) >= 11 is 0. The monoisotopic (exact) mass is 431 g/mol. The summed E-state index contributed by atoms with van der Waals surface area (Å²) in [6, 6.07) is 0. The fraction of sp³-hybridized carbons (Fsp3) is 0.727. The van der Waals surface area contributed by atoms with Gasteiger partial charge >= 0.3 is 6.09 Å². The Hall–Kier alpha value is -2.58. The van der Waals surface area contributed by atoms with Crippen molar-refractivity contribution in [1.82, 2.24) is 24.9 Å². The quantitative estimate of drug-likeness (QED) is 0.791. The van der Waals surface area contributed by atoms with Gasteiger partial charge in [-0.3, -0.25) is 14.7 Å². The zero-order valence-corrected chi connectivity index (χ0v) is 18.7. The number of piperidine rings is 1. The number of nitrogens with zero attached hydrogens (tertiary/aromatic N) is 4. The number of rotatable bonds is 3. The Morgan fingerprint density at radius 1 is 1.00 bits per heavy atom. The normalized spacial score (nSPS) is 22.4. The second-order valence-electron chi connectivity index (χ2n) is 9.85. The van der Waals surface area contributed by atoms with Gasteiger partial charge in [0.15, 0.2) is 0 Å². The molecule has 3 fully saturated rings. The van der Waals surface area contributed by atoms with Crippen molar-refractivity contribution in [3.8, 4) is 0 Å². The highest BCUT2D eigenvalue weighted by molar-refractivity contribution is 5.95. The van der Waals surface area contributed by atoms with Crippen LogP contribution in [0.5, 0.6) is 0 Å². The van der Waals surface area contributed by atoms with E-state index in [2.05, 4.69) is 10.2 Å². The molecule has 3 amide bonds. The van der Waals surface area contributed by atoms with Crippen molar-refractivity contribution >= 4 is 17.9 Å². The average molecular weight is 432 g/mol. The topological polar surface area (TPSA) is 98.8 Å². The fourth-order valence-corrected chi connectivity index (χ4v) is 4.37. The molecule has 9 nitrogen and oxygen atoms in total. The molecular formula is C22H33N5O4. The van der Waals surface area contributed by atoms with Crippen LogP contribution in [-0.4, -0.2) is 87.7 Å². The van der Waals surface area contributed by atoms with E-state index in [1.165, 1.54) is 0 Å². The molecule has 1 aromatic rings. The van der Waals surface area contributed by atoms with Gasteiger partial charge in [0.05, 0.1) is 17.5 Å². The molecule has 3 heterocycles. The number of nitrogens with one attached hydrogen (secondary N) is 1. The van der Waals surface area contributed by atoms with Gasteiger partial charge in [-0.15, -0.1) is 0 Å². The SMILES string of the molecule is CC(C)(C)OC(=O)N1CCCC(c2[nH]ncc2C(=O)N2CCN(C(=O)C3CC3)CC2)C1. The zero-order chi connectivity index (χ0) is 22.2. The molecule has 0 bridgehead atoms. The summed E-state index contributed by atoms with van der Waals surface area (Å²) in [4.78, 5) is 43.4. The predicted octanol–water partition coefficient (Wildman–Crippen LogP) is 2.22. The van der Waals surface area contributed by atoms with E-state index in [1.807, 2.05) is 25.7 Å². The van der Waals surface area contributed by atoms with Crippen molar-refractivity contribution in [3.63, 3.8) is 0 Å². The Bertz CT molecular complexity index is 833. The van der Waals surface area contributed by atoms with Crippen LogP contribution >= 0.6 is 0 Å². The molecule has 9 heteroatoms. The number of amides is 3. The number of piperazine rings is 1. The summed E-state index contributed by atoms with van der Waals surface area (Å²) in [6.45, 7) is 8.98. The molecule has 4 rings (SSSR count). The lowest BCUT2D eigenvalue weighted by Gasteiger charge is -2.36. The summed E-state index contributed by atoms with van der Waals surface area (Å²) in [5, 5.41) is 7.16. The van der Waals surface area contributed by atoms with Crippen molar-refractivity contribution in [1.29, 1.82) is 0 Å². The summed E-state index contributed by atoms with van der Waals surface area (Å²) in [5.74, 6) is 0.402. The number of hydrogen-bond acceptors (Lipinski definition) is 5. The van der Waals surface area contributed by atoms with Gasteiger partial charge in [0.2, 0.25) is 5.91 Å². The standard InChI is InChI=1S/C22H33N5O4/c1-22(2,3)31-21(30)27-8-4-5-16(14-27)18-17(13-23-24-18)20(29)26-11-9-25(10-12-26)19(28)15-6-7-15/h13,15-16H,4-12,14H2,1-3H3,(H,23,24). The molecule has 0 spiro atoms. The smallest absolute Gasteiger partial charge is 0.410 e. The maximum Gasteiger partial charge on any atom is 0.410 e. The van der Waals surface area contributed by atoms with Gasteiger partial charge in [0, 0.05) is 51.1 Å². The summed E-state index contributed by atoms with van der Waals surface area (Å²) in [5.41, 5.74) is 0.815. The number of H-pyrrole nitrogens is 1. The Labute approximate surface area is 183 Å². The predicted molar refractivity (Wildman–Crippen MR) is 114 cm³/mol. The lowest BCUT2D eigenvalue weighted by Crippen LogP contribution is -2.51. The van der Waals surface area contributed by atoms with E-state index < -0.39 is 5.60 Å². The fourth-order valence-electron chi connectivity index (χ4n) is 4.37. The molecule has 31 heavy (non-hydrogen) atoms. The average Bonchev–Trinajstić information content (AvgIpc) is 3.48. The van der Waals surface area contributed by atoms with E-state index in [9.17, 15) is 14.4 Å². The molecule has 1 unspecified atom stereocenters. The van der Waals surface area contributed by atoms with E-state index in [0.717, 1.165) is 31.4 Å². The third-order valence-electron chi connectivity index (χ3n) is 6.19. The van der Waals surface area contributed by atoms with E-state index in [4.69, 9.17) is 4.74 Å². The number of likely N-dealkylation sites (tertiary alicyclic amines) is 1. The summed E-state index contributed by atoms with van der Waals surface area (Å²) in [6.07, 6.45) is 4.99. The highest BCUT2D eigenvalue weighted by atomic mass is 16.6. The Kier molecular flexibility index (Phi) is 5.94. The molecule has 1 saturated carbocycles. The zero-order valence-electron chi connectivity index (χ0n) is 18.7. The molecule has 1 atom stereocenters. The van der Waals surface area contributed by atoms with Gasteiger partial charge < -0.3 is 19.4 Å². The van der Waals surface area contributed by atoms with Gasteiger partial charge in [0.1, 0.15) is 5.60 Å². The van der Waals surface area contributed by atoms with E-state index >= 15 is 0 Å². The van der Waals surface area contributed by atoms with Gasteiger partial charge in [0.25, 0.3) is 5.91 Å². The maximum atomic E-state index is 13.2. The Morgan fingerprint density at radius 3 is 2.32 bits per heavy atom. The highest BCUT2D eigenvalue weighted by Crippen LogP contribution is 2.32. The van der Waals surface area contributed by atoms with Crippen LogP contribution in [0.1, 0.15) is 68.4 Å². The minimum Gasteiger partial charge on any atom is -0.444 e. The van der Waals surface area contributed by atoms with Crippen LogP contribution in [0.4, 0.5) is 4.79 Å². The highest BCUT2D eigenvalue weighted by Gasteiger charge is 2.36. The van der Waals surface area contributed by atoms with Crippen molar-refractivity contribution in [2.75, 3.05) is 39.3 Å². The van der Waals surface area contributed by atoms with Crippen molar-refractivity contribution in [2.24, 2.45) is 5.92 Å². The van der Waals surface area contributed by atoms with Crippen molar-refractivity contribution in [3.05, 3.63) is 17.5 Å². The molecule has 1 N–H and O–H groups in total. The van der Waals surface area contributed by atoms with Crippen LogP contribution in [-0.2, 0) is 9.53 Å². The van der Waals surface area contributed by atoms with Gasteiger partial charge in [-0.05, 0) is 46.5 Å². The summed E-state index contributed by atoms with van der Waals surface area (Å²) < 4.78 is 5.52. The molecule has 170 valence electrons. The first-order valence-corrected chi connectivity index (χ1v) is 11.3. The molecule has 2 saturated heterocycles. The number of aromatic amines is 1. The van der Waals surface area contributed by atoms with E-state index in [1.54, 1.807) is 16.0 Å². The van der Waals surface area contributed by atoms with Crippen molar-refractivity contribution in [2.45, 2.75) is 58.0 Å².